The van der Waals surface area contributed by atoms with Crippen LogP contribution in [0.1, 0.15) is 43.7 Å². The van der Waals surface area contributed by atoms with Crippen LogP contribution in [-0.2, 0) is 22.6 Å². The average molecular weight is 455 g/mol. The predicted molar refractivity (Wildman–Crippen MR) is 126 cm³/mol. The lowest BCUT2D eigenvalue weighted by Gasteiger charge is -2.30. The van der Waals surface area contributed by atoms with Crippen molar-refractivity contribution >= 4 is 12.1 Å². The van der Waals surface area contributed by atoms with Gasteiger partial charge >= 0.3 is 12.1 Å². The van der Waals surface area contributed by atoms with E-state index in [9.17, 15) is 14.7 Å². The van der Waals surface area contributed by atoms with Crippen LogP contribution in [0.5, 0.6) is 5.75 Å². The van der Waals surface area contributed by atoms with Gasteiger partial charge < -0.3 is 25.2 Å². The van der Waals surface area contributed by atoms with E-state index in [4.69, 9.17) is 9.47 Å². The maximum atomic E-state index is 12.2. The van der Waals surface area contributed by atoms with E-state index >= 15 is 0 Å². The van der Waals surface area contributed by atoms with Gasteiger partial charge in [0.15, 0.2) is 0 Å². The Hall–Kier alpha value is -3.06. The van der Waals surface area contributed by atoms with Gasteiger partial charge in [0, 0.05) is 6.04 Å². The second-order valence-corrected chi connectivity index (χ2v) is 8.50. The first-order valence-corrected chi connectivity index (χ1v) is 11.7. The van der Waals surface area contributed by atoms with Crippen molar-refractivity contribution < 1.29 is 24.2 Å². The van der Waals surface area contributed by atoms with Crippen molar-refractivity contribution in [3.05, 3.63) is 65.7 Å². The van der Waals surface area contributed by atoms with Crippen molar-refractivity contribution in [3.8, 4) is 5.75 Å². The highest BCUT2D eigenvalue weighted by Crippen LogP contribution is 2.24. The van der Waals surface area contributed by atoms with E-state index in [0.29, 0.717) is 12.3 Å². The molecule has 3 N–H and O–H groups in total. The summed E-state index contributed by atoms with van der Waals surface area (Å²) in [5.41, 5.74) is 1.79. The zero-order valence-electron chi connectivity index (χ0n) is 19.2. The topological polar surface area (TPSA) is 96.9 Å². The molecule has 2 aromatic carbocycles. The minimum absolute atomic E-state index is 0.133. The highest BCUT2D eigenvalue weighted by Gasteiger charge is 2.24. The molecule has 1 heterocycles. The van der Waals surface area contributed by atoms with Crippen molar-refractivity contribution in [3.63, 3.8) is 0 Å². The smallest absolute Gasteiger partial charge is 0.407 e. The van der Waals surface area contributed by atoms with Gasteiger partial charge in [-0.2, -0.15) is 0 Å². The summed E-state index contributed by atoms with van der Waals surface area (Å²) in [7, 11) is 0. The zero-order valence-corrected chi connectivity index (χ0v) is 19.2. The molecule has 7 heteroatoms. The van der Waals surface area contributed by atoms with Gasteiger partial charge in [-0.25, -0.2) is 4.79 Å². The van der Waals surface area contributed by atoms with Crippen molar-refractivity contribution in [1.29, 1.82) is 0 Å². The van der Waals surface area contributed by atoms with E-state index in [-0.39, 0.29) is 19.1 Å². The number of alkyl carbamates (subject to hydrolysis) is 1. The van der Waals surface area contributed by atoms with Gasteiger partial charge in [-0.15, -0.1) is 0 Å². The number of hydrogen-bond acceptors (Lipinski definition) is 5. The fraction of sp³-hybridized carbons (Fsp3) is 0.462. The Labute approximate surface area is 195 Å². The third kappa shape index (κ3) is 8.42. The SMILES string of the molecule is CCC(Oc1ccc(CC(CC(=O)O)NC(=O)OCc2ccccc2)cc1)C1CCNCC1. The number of carboxylic acid groups (broad SMARTS) is 1. The van der Waals surface area contributed by atoms with Gasteiger partial charge in [-0.1, -0.05) is 49.4 Å². The standard InChI is InChI=1S/C26H34N2O5/c1-2-24(21-12-14-27-15-13-21)33-23-10-8-19(9-11-23)16-22(17-25(29)30)28-26(31)32-18-20-6-4-3-5-7-20/h3-11,21-22,24,27H,2,12-18H2,1H3,(H,28,31)(H,29,30). The Bertz CT molecular complexity index is 866. The van der Waals surface area contributed by atoms with E-state index in [2.05, 4.69) is 17.6 Å². The van der Waals surface area contributed by atoms with Crippen molar-refractivity contribution in [2.45, 2.75) is 57.8 Å². The first-order valence-electron chi connectivity index (χ1n) is 11.7. The molecule has 7 nitrogen and oxygen atoms in total. The number of hydrogen-bond donors (Lipinski definition) is 3. The predicted octanol–water partition coefficient (Wildman–Crippen LogP) is 4.16. The Kier molecular flexibility index (Phi) is 9.57. The minimum Gasteiger partial charge on any atom is -0.490 e. The molecule has 1 aliphatic heterocycles. The molecular formula is C26H34N2O5. The van der Waals surface area contributed by atoms with Crippen LogP contribution < -0.4 is 15.4 Å². The Morgan fingerprint density at radius 3 is 2.39 bits per heavy atom. The molecule has 2 unspecified atom stereocenters. The van der Waals surface area contributed by atoms with Gasteiger partial charge in [-0.05, 0) is 68.0 Å². The van der Waals surface area contributed by atoms with E-state index in [1.54, 1.807) is 0 Å². The van der Waals surface area contributed by atoms with Crippen LogP contribution in [-0.4, -0.2) is 42.4 Å². The third-order valence-corrected chi connectivity index (χ3v) is 5.96. The van der Waals surface area contributed by atoms with Gasteiger partial charge in [-0.3, -0.25) is 4.79 Å². The van der Waals surface area contributed by atoms with Gasteiger partial charge in [0.05, 0.1) is 6.42 Å². The van der Waals surface area contributed by atoms with Crippen LogP contribution >= 0.6 is 0 Å². The van der Waals surface area contributed by atoms with E-state index in [0.717, 1.165) is 49.2 Å². The molecule has 0 aliphatic carbocycles. The van der Waals surface area contributed by atoms with Crippen molar-refractivity contribution in [1.82, 2.24) is 10.6 Å². The molecule has 2 atom stereocenters. The Morgan fingerprint density at radius 1 is 1.06 bits per heavy atom. The van der Waals surface area contributed by atoms with Crippen molar-refractivity contribution in [2.24, 2.45) is 5.92 Å². The van der Waals surface area contributed by atoms with Crippen LogP contribution in [0, 0.1) is 5.92 Å². The number of carbonyl (C=O) groups is 2. The normalized spacial score (nSPS) is 15.9. The Morgan fingerprint density at radius 2 is 1.76 bits per heavy atom. The summed E-state index contributed by atoms with van der Waals surface area (Å²) in [6.07, 6.45) is 2.97. The molecule has 33 heavy (non-hydrogen) atoms. The lowest BCUT2D eigenvalue weighted by Crippen LogP contribution is -2.38. The molecule has 0 aromatic heterocycles. The lowest BCUT2D eigenvalue weighted by atomic mass is 9.90. The first kappa shape index (κ1) is 24.6. The number of ether oxygens (including phenoxy) is 2. The number of aliphatic carboxylic acids is 1. The summed E-state index contributed by atoms with van der Waals surface area (Å²) >= 11 is 0. The van der Waals surface area contributed by atoms with Crippen LogP contribution in [0.25, 0.3) is 0 Å². The fourth-order valence-corrected chi connectivity index (χ4v) is 4.21. The van der Waals surface area contributed by atoms with Crippen LogP contribution in [0.15, 0.2) is 54.6 Å². The summed E-state index contributed by atoms with van der Waals surface area (Å²) in [6, 6.07) is 16.5. The molecule has 3 rings (SSSR count). The molecule has 0 spiro atoms. The first-order chi connectivity index (χ1) is 16.0. The second-order valence-electron chi connectivity index (χ2n) is 8.50. The highest BCUT2D eigenvalue weighted by molar-refractivity contribution is 5.71. The number of benzene rings is 2. The molecule has 178 valence electrons. The number of rotatable bonds is 11. The third-order valence-electron chi connectivity index (χ3n) is 5.96. The maximum Gasteiger partial charge on any atom is 0.407 e. The summed E-state index contributed by atoms with van der Waals surface area (Å²) in [5.74, 6) is 0.396. The van der Waals surface area contributed by atoms with Gasteiger partial charge in [0.2, 0.25) is 0 Å². The number of carbonyl (C=O) groups excluding carboxylic acids is 1. The summed E-state index contributed by atoms with van der Waals surface area (Å²) in [5, 5.41) is 15.3. The van der Waals surface area contributed by atoms with Gasteiger partial charge in [0.1, 0.15) is 18.5 Å². The summed E-state index contributed by atoms with van der Waals surface area (Å²) in [6.45, 7) is 4.36. The van der Waals surface area contributed by atoms with Crippen LogP contribution in [0.3, 0.4) is 0 Å². The second kappa shape index (κ2) is 12.8. The molecule has 1 amide bonds. The maximum absolute atomic E-state index is 12.2. The molecular weight excluding hydrogens is 420 g/mol. The Balaban J connectivity index is 1.53. The highest BCUT2D eigenvalue weighted by atomic mass is 16.5. The number of nitrogens with one attached hydrogen (secondary N) is 2. The molecule has 1 saturated heterocycles. The molecule has 1 aliphatic rings. The van der Waals surface area contributed by atoms with E-state index in [1.165, 1.54) is 0 Å². The molecule has 0 radical (unpaired) electrons. The minimum atomic E-state index is -0.976. The van der Waals surface area contributed by atoms with Crippen molar-refractivity contribution in [2.75, 3.05) is 13.1 Å². The molecule has 1 fully saturated rings. The average Bonchev–Trinajstić information content (AvgIpc) is 2.83. The quantitative estimate of drug-likeness (QED) is 0.472. The van der Waals surface area contributed by atoms with Crippen LogP contribution in [0.2, 0.25) is 0 Å². The molecule has 0 bridgehead atoms. The van der Waals surface area contributed by atoms with Crippen LogP contribution in [0.4, 0.5) is 4.79 Å². The molecule has 0 saturated carbocycles. The zero-order chi connectivity index (χ0) is 23.5. The largest absolute Gasteiger partial charge is 0.490 e. The number of carboxylic acids is 1. The summed E-state index contributed by atoms with van der Waals surface area (Å²) in [4.78, 5) is 23.5. The van der Waals surface area contributed by atoms with Gasteiger partial charge in [0.25, 0.3) is 0 Å². The monoisotopic (exact) mass is 454 g/mol. The molecule has 2 aromatic rings. The fourth-order valence-electron chi connectivity index (χ4n) is 4.21. The summed E-state index contributed by atoms with van der Waals surface area (Å²) < 4.78 is 11.5. The number of piperidine rings is 1. The lowest BCUT2D eigenvalue weighted by molar-refractivity contribution is -0.137. The number of amides is 1. The van der Waals surface area contributed by atoms with E-state index < -0.39 is 18.1 Å². The van der Waals surface area contributed by atoms with E-state index in [1.807, 2.05) is 54.6 Å².